The van der Waals surface area contributed by atoms with E-state index in [1.807, 2.05) is 0 Å². The van der Waals surface area contributed by atoms with E-state index >= 15 is 0 Å². The summed E-state index contributed by atoms with van der Waals surface area (Å²) in [7, 11) is 1.72. The molecule has 0 fully saturated rings. The van der Waals surface area contributed by atoms with E-state index in [2.05, 4.69) is 10.4 Å². The maximum absolute atomic E-state index is 13.4. The van der Waals surface area contributed by atoms with Crippen molar-refractivity contribution >= 4 is 11.4 Å². The maximum atomic E-state index is 13.4. The summed E-state index contributed by atoms with van der Waals surface area (Å²) in [6.07, 6.45) is 3.24. The van der Waals surface area contributed by atoms with Crippen molar-refractivity contribution in [2.75, 3.05) is 5.32 Å². The lowest BCUT2D eigenvalue weighted by Gasteiger charge is -2.06. The van der Waals surface area contributed by atoms with Crippen LogP contribution in [0.4, 0.5) is 20.2 Å². The van der Waals surface area contributed by atoms with Crippen LogP contribution in [-0.4, -0.2) is 14.7 Å². The fraction of sp³-hybridized carbons (Fsp3) is 0.182. The van der Waals surface area contributed by atoms with Gasteiger partial charge in [-0.05, 0) is 0 Å². The predicted octanol–water partition coefficient (Wildman–Crippen LogP) is 2.22. The van der Waals surface area contributed by atoms with Crippen molar-refractivity contribution in [1.82, 2.24) is 9.78 Å². The lowest BCUT2D eigenvalue weighted by molar-refractivity contribution is -0.386. The van der Waals surface area contributed by atoms with Gasteiger partial charge >= 0.3 is 5.69 Å². The predicted molar refractivity (Wildman–Crippen MR) is 63.5 cm³/mol. The Morgan fingerprint density at radius 3 is 2.79 bits per heavy atom. The van der Waals surface area contributed by atoms with E-state index in [1.165, 1.54) is 0 Å². The lowest BCUT2D eigenvalue weighted by Crippen LogP contribution is -2.04. The third-order valence-electron chi connectivity index (χ3n) is 2.45. The molecule has 6 nitrogen and oxygen atoms in total. The fourth-order valence-corrected chi connectivity index (χ4v) is 1.65. The van der Waals surface area contributed by atoms with Crippen LogP contribution in [0.2, 0.25) is 0 Å². The summed E-state index contributed by atoms with van der Waals surface area (Å²) >= 11 is 0. The number of rotatable bonds is 4. The first-order valence-corrected chi connectivity index (χ1v) is 5.32. The Hall–Kier alpha value is -2.51. The molecule has 0 atom stereocenters. The van der Waals surface area contributed by atoms with Gasteiger partial charge in [-0.25, -0.2) is 4.39 Å². The van der Waals surface area contributed by atoms with Gasteiger partial charge < -0.3 is 5.32 Å². The molecule has 0 radical (unpaired) electrons. The zero-order valence-corrected chi connectivity index (χ0v) is 9.93. The van der Waals surface area contributed by atoms with Gasteiger partial charge in [-0.15, -0.1) is 0 Å². The van der Waals surface area contributed by atoms with Gasteiger partial charge in [-0.3, -0.25) is 14.8 Å². The summed E-state index contributed by atoms with van der Waals surface area (Å²) in [6.45, 7) is 0.178. The topological polar surface area (TPSA) is 73.0 Å². The van der Waals surface area contributed by atoms with Gasteiger partial charge in [0.25, 0.3) is 0 Å². The van der Waals surface area contributed by atoms with E-state index < -0.39 is 22.2 Å². The molecule has 0 aliphatic heterocycles. The second-order valence-corrected chi connectivity index (χ2v) is 3.92. The number of anilines is 1. The van der Waals surface area contributed by atoms with Gasteiger partial charge in [0.2, 0.25) is 5.82 Å². The molecule has 0 bridgehead atoms. The van der Waals surface area contributed by atoms with Crippen molar-refractivity contribution in [3.63, 3.8) is 0 Å². The molecule has 0 spiro atoms. The SMILES string of the molecule is Cn1cc(CNc2cc(F)cc(F)c2[N+](=O)[O-])cn1. The lowest BCUT2D eigenvalue weighted by atomic mass is 10.2. The maximum Gasteiger partial charge on any atom is 0.327 e. The van der Waals surface area contributed by atoms with Crippen molar-refractivity contribution in [3.05, 3.63) is 51.8 Å². The van der Waals surface area contributed by atoms with Crippen molar-refractivity contribution in [2.45, 2.75) is 6.54 Å². The normalized spacial score (nSPS) is 10.5. The van der Waals surface area contributed by atoms with Crippen LogP contribution in [0.25, 0.3) is 0 Å². The average Bonchev–Trinajstić information content (AvgIpc) is 2.71. The first kappa shape index (κ1) is 12.9. The first-order chi connectivity index (χ1) is 8.97. The van der Waals surface area contributed by atoms with Crippen LogP contribution in [0.15, 0.2) is 24.5 Å². The average molecular weight is 268 g/mol. The zero-order chi connectivity index (χ0) is 14.0. The van der Waals surface area contributed by atoms with Gasteiger partial charge in [0.1, 0.15) is 11.5 Å². The Bertz CT molecular complexity index is 627. The molecule has 19 heavy (non-hydrogen) atoms. The summed E-state index contributed by atoms with van der Waals surface area (Å²) in [5.74, 6) is -2.09. The molecule has 1 N–H and O–H groups in total. The molecular weight excluding hydrogens is 258 g/mol. The number of nitrogens with one attached hydrogen (secondary N) is 1. The number of aromatic nitrogens is 2. The molecule has 1 aromatic heterocycles. The second-order valence-electron chi connectivity index (χ2n) is 3.92. The summed E-state index contributed by atoms with van der Waals surface area (Å²) in [6, 6.07) is 1.37. The Kier molecular flexibility index (Phi) is 3.41. The molecule has 1 aromatic carbocycles. The summed E-state index contributed by atoms with van der Waals surface area (Å²) in [5, 5.41) is 17.3. The highest BCUT2D eigenvalue weighted by Gasteiger charge is 2.21. The molecule has 2 aromatic rings. The summed E-state index contributed by atoms with van der Waals surface area (Å²) in [5.41, 5.74) is -0.238. The highest BCUT2D eigenvalue weighted by Crippen LogP contribution is 2.29. The van der Waals surface area contributed by atoms with Crippen molar-refractivity contribution in [2.24, 2.45) is 7.05 Å². The minimum atomic E-state index is -1.21. The molecule has 0 amide bonds. The molecule has 0 aliphatic carbocycles. The van der Waals surface area contributed by atoms with E-state index in [0.717, 1.165) is 11.6 Å². The van der Waals surface area contributed by atoms with E-state index in [0.29, 0.717) is 6.07 Å². The number of aryl methyl sites for hydroxylation is 1. The van der Waals surface area contributed by atoms with Gasteiger partial charge in [0, 0.05) is 37.5 Å². The minimum absolute atomic E-state index is 0.178. The monoisotopic (exact) mass is 268 g/mol. The highest BCUT2D eigenvalue weighted by molar-refractivity contribution is 5.62. The van der Waals surface area contributed by atoms with E-state index in [9.17, 15) is 18.9 Å². The Labute approximate surface area is 106 Å². The molecule has 0 unspecified atom stereocenters. The van der Waals surface area contributed by atoms with Crippen molar-refractivity contribution in [3.8, 4) is 0 Å². The molecule has 8 heteroatoms. The molecule has 0 saturated heterocycles. The second kappa shape index (κ2) is 5.01. The van der Waals surface area contributed by atoms with Crippen LogP contribution >= 0.6 is 0 Å². The number of nitro benzene ring substituents is 1. The Morgan fingerprint density at radius 1 is 1.47 bits per heavy atom. The molecular formula is C11H10F2N4O2. The van der Waals surface area contributed by atoms with Gasteiger partial charge in [-0.1, -0.05) is 0 Å². The van der Waals surface area contributed by atoms with E-state index in [1.54, 1.807) is 24.1 Å². The number of nitrogens with zero attached hydrogens (tertiary/aromatic N) is 3. The summed E-state index contributed by atoms with van der Waals surface area (Å²) in [4.78, 5) is 9.87. The third-order valence-corrected chi connectivity index (χ3v) is 2.45. The number of halogens is 2. The van der Waals surface area contributed by atoms with Crippen LogP contribution < -0.4 is 5.32 Å². The zero-order valence-electron chi connectivity index (χ0n) is 9.93. The van der Waals surface area contributed by atoms with Crippen LogP contribution in [0.3, 0.4) is 0 Å². The largest absolute Gasteiger partial charge is 0.375 e. The smallest absolute Gasteiger partial charge is 0.327 e. The number of hydrogen-bond donors (Lipinski definition) is 1. The van der Waals surface area contributed by atoms with Gasteiger partial charge in [0.15, 0.2) is 0 Å². The van der Waals surface area contributed by atoms with Gasteiger partial charge in [0.05, 0.1) is 11.1 Å². The molecule has 0 aliphatic rings. The Balaban J connectivity index is 2.26. The number of nitro groups is 1. The molecule has 2 rings (SSSR count). The number of hydrogen-bond acceptors (Lipinski definition) is 4. The molecule has 1 heterocycles. The van der Waals surface area contributed by atoms with Crippen LogP contribution in [0.5, 0.6) is 0 Å². The first-order valence-electron chi connectivity index (χ1n) is 5.32. The van der Waals surface area contributed by atoms with Crippen molar-refractivity contribution in [1.29, 1.82) is 0 Å². The van der Waals surface area contributed by atoms with Crippen molar-refractivity contribution < 1.29 is 13.7 Å². The fourth-order valence-electron chi connectivity index (χ4n) is 1.65. The van der Waals surface area contributed by atoms with Crippen LogP contribution in [0, 0.1) is 21.7 Å². The molecule has 0 saturated carbocycles. The minimum Gasteiger partial charge on any atom is -0.375 e. The molecule has 100 valence electrons. The Morgan fingerprint density at radius 2 is 2.21 bits per heavy atom. The van der Waals surface area contributed by atoms with E-state index in [4.69, 9.17) is 0 Å². The highest BCUT2D eigenvalue weighted by atomic mass is 19.1. The van der Waals surface area contributed by atoms with Crippen LogP contribution in [-0.2, 0) is 13.6 Å². The third kappa shape index (κ3) is 2.84. The van der Waals surface area contributed by atoms with Gasteiger partial charge in [-0.2, -0.15) is 9.49 Å². The van der Waals surface area contributed by atoms with Crippen LogP contribution in [0.1, 0.15) is 5.56 Å². The van der Waals surface area contributed by atoms with E-state index in [-0.39, 0.29) is 12.2 Å². The quantitative estimate of drug-likeness (QED) is 0.681. The number of benzene rings is 1. The standard InChI is InChI=1S/C11H10F2N4O2/c1-16-6-7(5-15-16)4-14-10-3-8(12)2-9(13)11(10)17(18)19/h2-3,5-6,14H,4H2,1H3. The summed E-state index contributed by atoms with van der Waals surface area (Å²) < 4.78 is 28.0.